The lowest BCUT2D eigenvalue weighted by atomic mass is 10.0. The summed E-state index contributed by atoms with van der Waals surface area (Å²) in [5.41, 5.74) is 1.58. The van der Waals surface area contributed by atoms with Gasteiger partial charge in [0.25, 0.3) is 5.91 Å². The van der Waals surface area contributed by atoms with E-state index in [1.54, 1.807) is 43.3 Å². The highest BCUT2D eigenvalue weighted by atomic mass is 16.3. The molecule has 2 aromatic carbocycles. The Bertz CT molecular complexity index is 698. The van der Waals surface area contributed by atoms with Gasteiger partial charge in [-0.2, -0.15) is 0 Å². The molecule has 3 N–H and O–H groups in total. The summed E-state index contributed by atoms with van der Waals surface area (Å²) in [6.07, 6.45) is -2.03. The number of nitrogens with zero attached hydrogens (tertiary/aromatic N) is 1. The van der Waals surface area contributed by atoms with Crippen LogP contribution in [0.5, 0.6) is 5.75 Å². The molecule has 1 aliphatic heterocycles. The summed E-state index contributed by atoms with van der Waals surface area (Å²) < 4.78 is 0. The van der Waals surface area contributed by atoms with Crippen LogP contribution in [0.15, 0.2) is 48.5 Å². The Kier molecular flexibility index (Phi) is 3.60. The van der Waals surface area contributed by atoms with Crippen molar-refractivity contribution in [2.45, 2.75) is 25.3 Å². The van der Waals surface area contributed by atoms with Crippen molar-refractivity contribution in [2.24, 2.45) is 0 Å². The number of benzene rings is 2. The summed E-state index contributed by atoms with van der Waals surface area (Å²) in [6, 6.07) is 12.4. The molecule has 2 aromatic rings. The maximum absolute atomic E-state index is 12.5. The highest BCUT2D eigenvalue weighted by Gasteiger charge is 2.40. The molecule has 0 radical (unpaired) electrons. The number of aliphatic hydroxyl groups is 2. The van der Waals surface area contributed by atoms with Crippen molar-refractivity contribution >= 4 is 5.91 Å². The molecule has 3 unspecified atom stereocenters. The molecule has 0 saturated heterocycles. The Balaban J connectivity index is 1.88. The molecule has 0 saturated carbocycles. The lowest BCUT2D eigenvalue weighted by Crippen LogP contribution is -2.40. The van der Waals surface area contributed by atoms with Crippen molar-refractivity contribution in [1.29, 1.82) is 0 Å². The standard InChI is InChI=1S/C17H17NO4/c1-10(15(20)11-6-8-12(19)9-7-11)18-16(21)13-4-2-3-5-14(13)17(18)22/h2-10,15-16,19-21H,1H3. The van der Waals surface area contributed by atoms with E-state index in [0.717, 1.165) is 0 Å². The van der Waals surface area contributed by atoms with Crippen LogP contribution in [0.25, 0.3) is 0 Å². The van der Waals surface area contributed by atoms with Gasteiger partial charge in [-0.05, 0) is 30.7 Å². The smallest absolute Gasteiger partial charge is 0.256 e. The molecule has 3 rings (SSSR count). The SMILES string of the molecule is CC(C(O)c1ccc(O)cc1)N1C(=O)c2ccccc2C1O. The number of carbonyl (C=O) groups is 1. The molecular formula is C17H17NO4. The van der Waals surface area contributed by atoms with Crippen molar-refractivity contribution in [1.82, 2.24) is 4.90 Å². The molecule has 3 atom stereocenters. The zero-order valence-electron chi connectivity index (χ0n) is 12.0. The van der Waals surface area contributed by atoms with E-state index in [0.29, 0.717) is 16.7 Å². The van der Waals surface area contributed by atoms with Crippen molar-refractivity contribution in [2.75, 3.05) is 0 Å². The fourth-order valence-electron chi connectivity index (χ4n) is 2.83. The summed E-state index contributed by atoms with van der Waals surface area (Å²) >= 11 is 0. The van der Waals surface area contributed by atoms with Crippen LogP contribution in [0.4, 0.5) is 0 Å². The van der Waals surface area contributed by atoms with Crippen LogP contribution in [0, 0.1) is 0 Å². The lowest BCUT2D eigenvalue weighted by Gasteiger charge is -2.31. The van der Waals surface area contributed by atoms with Gasteiger partial charge in [0.15, 0.2) is 6.23 Å². The topological polar surface area (TPSA) is 81.0 Å². The van der Waals surface area contributed by atoms with Gasteiger partial charge in [-0.15, -0.1) is 0 Å². The minimum atomic E-state index is -1.06. The first kappa shape index (κ1) is 14.6. The number of phenolic OH excluding ortho intramolecular Hbond substituents is 1. The van der Waals surface area contributed by atoms with Gasteiger partial charge in [0.1, 0.15) is 5.75 Å². The molecule has 1 amide bonds. The van der Waals surface area contributed by atoms with Crippen LogP contribution in [0.1, 0.15) is 40.7 Å². The quantitative estimate of drug-likeness (QED) is 0.809. The number of aliphatic hydroxyl groups excluding tert-OH is 2. The second kappa shape index (κ2) is 5.44. The zero-order chi connectivity index (χ0) is 15.9. The largest absolute Gasteiger partial charge is 0.508 e. The summed E-state index contributed by atoms with van der Waals surface area (Å²) in [6.45, 7) is 1.69. The van der Waals surface area contributed by atoms with Crippen LogP contribution in [0.2, 0.25) is 0 Å². The molecule has 1 heterocycles. The molecule has 5 heteroatoms. The third-order valence-electron chi connectivity index (χ3n) is 4.10. The number of phenols is 1. The van der Waals surface area contributed by atoms with Crippen LogP contribution < -0.4 is 0 Å². The summed E-state index contributed by atoms with van der Waals surface area (Å²) in [7, 11) is 0. The number of hydrogen-bond acceptors (Lipinski definition) is 4. The average Bonchev–Trinajstić information content (AvgIpc) is 2.79. The summed E-state index contributed by atoms with van der Waals surface area (Å²) in [5, 5.41) is 30.1. The van der Waals surface area contributed by atoms with E-state index in [2.05, 4.69) is 0 Å². The Morgan fingerprint density at radius 3 is 2.36 bits per heavy atom. The molecular weight excluding hydrogens is 282 g/mol. The molecule has 22 heavy (non-hydrogen) atoms. The van der Waals surface area contributed by atoms with Gasteiger partial charge in [-0.25, -0.2) is 0 Å². The number of amides is 1. The molecule has 0 fully saturated rings. The van der Waals surface area contributed by atoms with E-state index in [4.69, 9.17) is 0 Å². The minimum absolute atomic E-state index is 0.105. The highest BCUT2D eigenvalue weighted by molar-refractivity contribution is 5.99. The van der Waals surface area contributed by atoms with E-state index < -0.39 is 18.4 Å². The third-order valence-corrected chi connectivity index (χ3v) is 4.10. The van der Waals surface area contributed by atoms with E-state index in [9.17, 15) is 20.1 Å². The van der Waals surface area contributed by atoms with Gasteiger partial charge in [0.05, 0.1) is 12.1 Å². The first-order chi connectivity index (χ1) is 10.5. The maximum atomic E-state index is 12.5. The van der Waals surface area contributed by atoms with Gasteiger partial charge in [0.2, 0.25) is 0 Å². The number of rotatable bonds is 3. The van der Waals surface area contributed by atoms with Crippen LogP contribution in [0.3, 0.4) is 0 Å². The molecule has 114 valence electrons. The van der Waals surface area contributed by atoms with E-state index >= 15 is 0 Å². The number of aromatic hydroxyl groups is 1. The van der Waals surface area contributed by atoms with E-state index in [-0.39, 0.29) is 11.7 Å². The lowest BCUT2D eigenvalue weighted by molar-refractivity contribution is -0.0326. The highest BCUT2D eigenvalue weighted by Crippen LogP contribution is 2.36. The number of carbonyl (C=O) groups excluding carboxylic acids is 1. The van der Waals surface area contributed by atoms with Gasteiger partial charge in [-0.1, -0.05) is 30.3 Å². The van der Waals surface area contributed by atoms with Crippen molar-refractivity contribution in [3.8, 4) is 5.75 Å². The third kappa shape index (κ3) is 2.24. The van der Waals surface area contributed by atoms with Gasteiger partial charge in [-0.3, -0.25) is 4.79 Å². The summed E-state index contributed by atoms with van der Waals surface area (Å²) in [5.74, 6) is -0.193. The predicted molar refractivity (Wildman–Crippen MR) is 80.1 cm³/mol. The molecule has 0 aromatic heterocycles. The van der Waals surface area contributed by atoms with Gasteiger partial charge < -0.3 is 20.2 Å². The second-order valence-corrected chi connectivity index (χ2v) is 5.45. The summed E-state index contributed by atoms with van der Waals surface area (Å²) in [4.78, 5) is 13.7. The fraction of sp³-hybridized carbons (Fsp3) is 0.235. The maximum Gasteiger partial charge on any atom is 0.256 e. The van der Waals surface area contributed by atoms with Crippen LogP contribution in [-0.4, -0.2) is 32.2 Å². The van der Waals surface area contributed by atoms with Crippen molar-refractivity contribution < 1.29 is 20.1 Å². The van der Waals surface area contributed by atoms with Crippen molar-refractivity contribution in [3.63, 3.8) is 0 Å². The van der Waals surface area contributed by atoms with Gasteiger partial charge in [0, 0.05) is 11.1 Å². The first-order valence-electron chi connectivity index (χ1n) is 7.07. The molecule has 0 bridgehead atoms. The number of hydrogen-bond donors (Lipinski definition) is 3. The Morgan fingerprint density at radius 2 is 1.73 bits per heavy atom. The fourth-order valence-corrected chi connectivity index (χ4v) is 2.83. The van der Waals surface area contributed by atoms with Gasteiger partial charge >= 0.3 is 0 Å². The molecule has 0 spiro atoms. The minimum Gasteiger partial charge on any atom is -0.508 e. The first-order valence-corrected chi connectivity index (χ1v) is 7.07. The Morgan fingerprint density at radius 1 is 1.09 bits per heavy atom. The van der Waals surface area contributed by atoms with Crippen molar-refractivity contribution in [3.05, 3.63) is 65.2 Å². The Labute approximate surface area is 128 Å². The van der Waals surface area contributed by atoms with E-state index in [1.165, 1.54) is 17.0 Å². The molecule has 0 aliphatic carbocycles. The monoisotopic (exact) mass is 299 g/mol. The van der Waals surface area contributed by atoms with Crippen LogP contribution >= 0.6 is 0 Å². The van der Waals surface area contributed by atoms with Crippen LogP contribution in [-0.2, 0) is 0 Å². The average molecular weight is 299 g/mol. The molecule has 1 aliphatic rings. The second-order valence-electron chi connectivity index (χ2n) is 5.45. The zero-order valence-corrected chi connectivity index (χ0v) is 12.0. The predicted octanol–water partition coefficient (Wildman–Crippen LogP) is 1.96. The molecule has 5 nitrogen and oxygen atoms in total. The number of fused-ring (bicyclic) bond motifs is 1. The normalized spacial score (nSPS) is 19.9. The van der Waals surface area contributed by atoms with E-state index in [1.807, 2.05) is 0 Å². The Hall–Kier alpha value is -2.37.